The Morgan fingerprint density at radius 2 is 1.74 bits per heavy atom. The summed E-state index contributed by atoms with van der Waals surface area (Å²) in [5, 5.41) is 6.71. The summed E-state index contributed by atoms with van der Waals surface area (Å²) in [4.78, 5) is 22.7. The Labute approximate surface area is 248 Å². The van der Waals surface area contributed by atoms with E-state index in [9.17, 15) is 4.79 Å². The fourth-order valence-corrected chi connectivity index (χ4v) is 5.63. The molecule has 216 valence electrons. The molecule has 1 amide bonds. The number of aromatic nitrogens is 3. The number of para-hydroxylation sites is 1. The first kappa shape index (κ1) is 27.8. The maximum Gasteiger partial charge on any atom is 0.408 e. The van der Waals surface area contributed by atoms with E-state index in [-0.39, 0.29) is 11.5 Å². The standard InChI is InChI=1S/C35H39N5O2/c1-33(2,3)21-18-27-29(23-14-16-24(17-15-23)35(19-10-20-35)39-32(41)42-34(4,5)6)40-28-13-9-22-36-30(28)37-26-12-8-7-11-25(26)31(40)38-27/h7-9,11-18,21-22H,10,19-20H2,1-6H3,(H,36,37)(H,39,41)/b21-18+. The molecule has 2 N–H and O–H groups in total. The maximum atomic E-state index is 12.7. The number of fused-ring (bicyclic) bond motifs is 5. The van der Waals surface area contributed by atoms with E-state index >= 15 is 0 Å². The fraction of sp³-hybridized carbons (Fsp3) is 0.343. The molecular weight excluding hydrogens is 522 g/mol. The third kappa shape index (κ3) is 5.31. The Hall–Kier alpha value is -4.39. The van der Waals surface area contributed by atoms with Crippen molar-refractivity contribution >= 4 is 23.7 Å². The number of pyridine rings is 1. The lowest BCUT2D eigenvalue weighted by Gasteiger charge is -2.43. The second kappa shape index (κ2) is 10.2. The molecule has 0 radical (unpaired) electrons. The lowest BCUT2D eigenvalue weighted by Crippen LogP contribution is -2.52. The van der Waals surface area contributed by atoms with Gasteiger partial charge in [0.15, 0.2) is 5.82 Å². The summed E-state index contributed by atoms with van der Waals surface area (Å²) < 4.78 is 7.82. The van der Waals surface area contributed by atoms with Crippen LogP contribution in [0.1, 0.15) is 72.1 Å². The predicted octanol–water partition coefficient (Wildman–Crippen LogP) is 8.62. The maximum absolute atomic E-state index is 12.7. The molecule has 0 unspecified atom stereocenters. The van der Waals surface area contributed by atoms with Gasteiger partial charge < -0.3 is 15.4 Å². The molecule has 4 aromatic rings. The van der Waals surface area contributed by atoms with Crippen molar-refractivity contribution in [3.05, 3.63) is 84.2 Å². The molecular formula is C35H39N5O2. The highest BCUT2D eigenvalue weighted by atomic mass is 16.6. The zero-order valence-corrected chi connectivity index (χ0v) is 25.3. The first-order valence-corrected chi connectivity index (χ1v) is 14.7. The third-order valence-corrected chi connectivity index (χ3v) is 7.75. The Balaban J connectivity index is 1.49. The first-order chi connectivity index (χ1) is 19.9. The number of hydrogen-bond donors (Lipinski definition) is 2. The molecule has 7 heteroatoms. The van der Waals surface area contributed by atoms with Gasteiger partial charge in [-0.15, -0.1) is 0 Å². The summed E-state index contributed by atoms with van der Waals surface area (Å²) in [6.45, 7) is 12.2. The summed E-state index contributed by atoms with van der Waals surface area (Å²) in [6, 6.07) is 20.8. The molecule has 1 fully saturated rings. The minimum atomic E-state index is -0.547. The predicted molar refractivity (Wildman–Crippen MR) is 169 cm³/mol. The van der Waals surface area contributed by atoms with Crippen LogP contribution in [-0.4, -0.2) is 26.2 Å². The normalized spacial score (nSPS) is 15.5. The number of allylic oxidation sites excluding steroid dienone is 1. The quantitative estimate of drug-likeness (QED) is 0.230. The van der Waals surface area contributed by atoms with Crippen molar-refractivity contribution in [1.29, 1.82) is 0 Å². The average Bonchev–Trinajstić information content (AvgIpc) is 3.22. The number of nitrogens with one attached hydrogen (secondary N) is 2. The lowest BCUT2D eigenvalue weighted by molar-refractivity contribution is 0.0377. The molecule has 6 rings (SSSR count). The summed E-state index contributed by atoms with van der Waals surface area (Å²) in [5.74, 6) is 1.64. The van der Waals surface area contributed by atoms with Crippen LogP contribution >= 0.6 is 0 Å². The number of carbonyl (C=O) groups is 1. The van der Waals surface area contributed by atoms with Gasteiger partial charge in [-0.1, -0.05) is 63.2 Å². The molecule has 0 bridgehead atoms. The number of rotatable bonds is 4. The van der Waals surface area contributed by atoms with E-state index in [1.165, 1.54) is 0 Å². The summed E-state index contributed by atoms with van der Waals surface area (Å²) in [5.41, 5.74) is 5.95. The van der Waals surface area contributed by atoms with Crippen LogP contribution in [0.2, 0.25) is 0 Å². The van der Waals surface area contributed by atoms with E-state index in [4.69, 9.17) is 14.7 Å². The van der Waals surface area contributed by atoms with Gasteiger partial charge in [0.2, 0.25) is 0 Å². The number of anilines is 2. The molecule has 3 heterocycles. The fourth-order valence-electron chi connectivity index (χ4n) is 5.63. The van der Waals surface area contributed by atoms with E-state index in [2.05, 4.69) is 90.6 Å². The Morgan fingerprint density at radius 3 is 2.40 bits per heavy atom. The molecule has 1 aliphatic carbocycles. The first-order valence-electron chi connectivity index (χ1n) is 14.7. The third-order valence-electron chi connectivity index (χ3n) is 7.75. The topological polar surface area (TPSA) is 81.1 Å². The van der Waals surface area contributed by atoms with Crippen LogP contribution in [0.15, 0.2) is 72.9 Å². The van der Waals surface area contributed by atoms with Crippen LogP contribution in [0, 0.1) is 5.41 Å². The average molecular weight is 562 g/mol. The van der Waals surface area contributed by atoms with E-state index in [0.29, 0.717) is 0 Å². The molecule has 0 spiro atoms. The Bertz CT molecular complexity index is 1660. The van der Waals surface area contributed by atoms with Gasteiger partial charge in [0.1, 0.15) is 11.4 Å². The molecule has 42 heavy (non-hydrogen) atoms. The van der Waals surface area contributed by atoms with Crippen molar-refractivity contribution < 1.29 is 9.53 Å². The number of alkyl carbamates (subject to hydrolysis) is 1. The smallest absolute Gasteiger partial charge is 0.408 e. The lowest BCUT2D eigenvalue weighted by atomic mass is 9.71. The zero-order chi connectivity index (χ0) is 29.7. The van der Waals surface area contributed by atoms with Crippen LogP contribution < -0.4 is 10.6 Å². The molecule has 2 aliphatic rings. The summed E-state index contributed by atoms with van der Waals surface area (Å²) in [6.07, 6.45) is 8.59. The minimum absolute atomic E-state index is 0.00893. The molecule has 1 saturated carbocycles. The van der Waals surface area contributed by atoms with Crippen LogP contribution in [0.25, 0.3) is 34.4 Å². The number of imidazole rings is 1. The monoisotopic (exact) mass is 561 g/mol. The van der Waals surface area contributed by atoms with Gasteiger partial charge in [-0.25, -0.2) is 14.8 Å². The van der Waals surface area contributed by atoms with Crippen LogP contribution in [0.3, 0.4) is 0 Å². The largest absolute Gasteiger partial charge is 0.444 e. The highest BCUT2D eigenvalue weighted by Crippen LogP contribution is 2.44. The van der Waals surface area contributed by atoms with Crippen LogP contribution in [0.5, 0.6) is 0 Å². The van der Waals surface area contributed by atoms with Gasteiger partial charge in [-0.05, 0) is 81.4 Å². The zero-order valence-electron chi connectivity index (χ0n) is 25.3. The van der Waals surface area contributed by atoms with Crippen molar-refractivity contribution in [2.75, 3.05) is 5.32 Å². The Kier molecular flexibility index (Phi) is 6.71. The van der Waals surface area contributed by atoms with Gasteiger partial charge in [-0.2, -0.15) is 0 Å². The number of benzene rings is 2. The van der Waals surface area contributed by atoms with Crippen molar-refractivity contribution in [2.24, 2.45) is 5.41 Å². The van der Waals surface area contributed by atoms with E-state index in [1.807, 2.05) is 39.0 Å². The van der Waals surface area contributed by atoms with Crippen molar-refractivity contribution in [3.63, 3.8) is 0 Å². The summed E-state index contributed by atoms with van der Waals surface area (Å²) >= 11 is 0. The van der Waals surface area contributed by atoms with Crippen LogP contribution in [0.4, 0.5) is 16.3 Å². The molecule has 0 saturated heterocycles. The van der Waals surface area contributed by atoms with Crippen LogP contribution in [-0.2, 0) is 10.3 Å². The SMILES string of the molecule is CC(C)(C)/C=C/c1nc2n(c1-c1ccc(C3(NC(=O)OC(C)(C)C)CCC3)cc1)-c1cccnc1Nc1ccccc1-2. The highest BCUT2D eigenvalue weighted by molar-refractivity contribution is 5.88. The molecule has 2 aromatic carbocycles. The van der Waals surface area contributed by atoms with Gasteiger partial charge in [-0.3, -0.25) is 4.57 Å². The number of amides is 1. The molecule has 1 aliphatic heterocycles. The highest BCUT2D eigenvalue weighted by Gasteiger charge is 2.41. The molecule has 0 atom stereocenters. The van der Waals surface area contributed by atoms with Gasteiger partial charge in [0.25, 0.3) is 0 Å². The van der Waals surface area contributed by atoms with Crippen molar-refractivity contribution in [2.45, 2.75) is 71.9 Å². The second-order valence-electron chi connectivity index (χ2n) is 13.4. The number of carbonyl (C=O) groups excluding carboxylic acids is 1. The number of hydrogen-bond acceptors (Lipinski definition) is 5. The van der Waals surface area contributed by atoms with Gasteiger partial charge in [0.05, 0.1) is 28.3 Å². The van der Waals surface area contributed by atoms with Crippen molar-refractivity contribution in [1.82, 2.24) is 19.9 Å². The van der Waals surface area contributed by atoms with Crippen molar-refractivity contribution in [3.8, 4) is 28.3 Å². The van der Waals surface area contributed by atoms with E-state index in [0.717, 1.165) is 70.4 Å². The van der Waals surface area contributed by atoms with E-state index < -0.39 is 11.1 Å². The van der Waals surface area contributed by atoms with Gasteiger partial charge in [0, 0.05) is 17.3 Å². The molecule has 7 nitrogen and oxygen atoms in total. The molecule has 2 aromatic heterocycles. The Morgan fingerprint density at radius 1 is 1.00 bits per heavy atom. The second-order valence-corrected chi connectivity index (χ2v) is 13.4. The number of nitrogens with zero attached hydrogens (tertiary/aromatic N) is 3. The summed E-state index contributed by atoms with van der Waals surface area (Å²) in [7, 11) is 0. The number of ether oxygens (including phenoxy) is 1. The minimum Gasteiger partial charge on any atom is -0.444 e. The van der Waals surface area contributed by atoms with E-state index in [1.54, 1.807) is 6.20 Å². The van der Waals surface area contributed by atoms with Gasteiger partial charge >= 0.3 is 6.09 Å².